The second-order valence-electron chi connectivity index (χ2n) is 10.6. The second kappa shape index (κ2) is 10.2. The Labute approximate surface area is 247 Å². The van der Waals surface area contributed by atoms with Crippen LogP contribution in [0.5, 0.6) is 0 Å². The number of nitrogens with one attached hydrogen (secondary N) is 3. The molecule has 0 unspecified atom stereocenters. The van der Waals surface area contributed by atoms with Crippen molar-refractivity contribution in [2.75, 3.05) is 0 Å². The number of carbonyl (C=O) groups is 1. The average Bonchev–Trinajstić information content (AvgIpc) is 3.88. The van der Waals surface area contributed by atoms with Crippen LogP contribution in [0.2, 0.25) is 0 Å². The third kappa shape index (κ3) is 4.26. The number of hydrogen-bond acceptors (Lipinski definition) is 2. The van der Waals surface area contributed by atoms with Gasteiger partial charge in [-0.2, -0.15) is 0 Å². The molecule has 0 aliphatic carbocycles. The molecule has 0 saturated heterocycles. The molecule has 0 fully saturated rings. The topological polar surface area (TPSA) is 77.3 Å². The number of hydrogen-bond donors (Lipinski definition) is 3. The fraction of sp³-hybridized carbons (Fsp3) is 0. The van der Waals surface area contributed by atoms with Gasteiger partial charge < -0.3 is 15.0 Å². The summed E-state index contributed by atoms with van der Waals surface area (Å²) in [6.45, 7) is 0. The standard InChI is InChI=1S/C38H26N4O/c43-23-27-22-34-28-16-17-29(39-28)35(24-10-4-1-5-11-24)30-18-19-31(40-30)36(25-12-6-2-7-13-25)32-20-21-33(41-32)37(38(27)42-34)26-14-8-3-9-15-26/h1-23,39-40,42H. The van der Waals surface area contributed by atoms with Crippen LogP contribution in [-0.2, 0) is 0 Å². The first-order valence-electron chi connectivity index (χ1n) is 14.3. The molecule has 0 saturated carbocycles. The molecule has 5 heteroatoms. The minimum Gasteiger partial charge on any atom is -0.354 e. The van der Waals surface area contributed by atoms with E-state index < -0.39 is 0 Å². The molecule has 3 aromatic carbocycles. The fourth-order valence-electron chi connectivity index (χ4n) is 6.07. The number of benzene rings is 3. The Hall–Kier alpha value is -5.94. The number of aromatic amines is 3. The molecule has 1 aliphatic heterocycles. The van der Waals surface area contributed by atoms with Crippen LogP contribution in [0.15, 0.2) is 121 Å². The number of H-pyrrole nitrogens is 3. The monoisotopic (exact) mass is 554 g/mol. The zero-order chi connectivity index (χ0) is 28.8. The van der Waals surface area contributed by atoms with Gasteiger partial charge in [-0.25, -0.2) is 4.98 Å². The fourth-order valence-corrected chi connectivity index (χ4v) is 6.07. The molecule has 4 aromatic heterocycles. The van der Waals surface area contributed by atoms with Gasteiger partial charge in [-0.3, -0.25) is 4.79 Å². The highest BCUT2D eigenvalue weighted by molar-refractivity contribution is 6.04. The quantitative estimate of drug-likeness (QED) is 0.189. The van der Waals surface area contributed by atoms with Crippen LogP contribution in [0, 0.1) is 0 Å². The van der Waals surface area contributed by atoms with Gasteiger partial charge in [-0.15, -0.1) is 0 Å². The Balaban J connectivity index is 1.61. The third-order valence-electron chi connectivity index (χ3n) is 8.03. The molecule has 7 aromatic rings. The van der Waals surface area contributed by atoms with Gasteiger partial charge in [0.05, 0.1) is 27.9 Å². The van der Waals surface area contributed by atoms with Crippen LogP contribution >= 0.6 is 0 Å². The van der Waals surface area contributed by atoms with Crippen molar-refractivity contribution in [2.24, 2.45) is 0 Å². The van der Waals surface area contributed by atoms with Crippen molar-refractivity contribution in [2.45, 2.75) is 0 Å². The summed E-state index contributed by atoms with van der Waals surface area (Å²) in [5, 5.41) is 0. The molecule has 0 spiro atoms. The van der Waals surface area contributed by atoms with Gasteiger partial charge in [0.1, 0.15) is 0 Å². The summed E-state index contributed by atoms with van der Waals surface area (Å²) >= 11 is 0. The lowest BCUT2D eigenvalue weighted by molar-refractivity contribution is 0.112. The van der Waals surface area contributed by atoms with Crippen LogP contribution < -0.4 is 0 Å². The number of fused-ring (bicyclic) bond motifs is 9. The third-order valence-corrected chi connectivity index (χ3v) is 8.03. The van der Waals surface area contributed by atoms with E-state index in [1.807, 2.05) is 54.6 Å². The molecule has 1 aliphatic rings. The molecule has 5 nitrogen and oxygen atoms in total. The van der Waals surface area contributed by atoms with Gasteiger partial charge >= 0.3 is 0 Å². The van der Waals surface area contributed by atoms with Gasteiger partial charge in [-0.05, 0) is 59.2 Å². The minimum absolute atomic E-state index is 0.577. The lowest BCUT2D eigenvalue weighted by Gasteiger charge is -2.05. The van der Waals surface area contributed by atoms with Crippen LogP contribution in [0.25, 0.3) is 78.6 Å². The smallest absolute Gasteiger partial charge is 0.152 e. The zero-order valence-corrected chi connectivity index (χ0v) is 23.1. The van der Waals surface area contributed by atoms with Crippen LogP contribution in [-0.4, -0.2) is 26.2 Å². The Morgan fingerprint density at radius 2 is 0.930 bits per heavy atom. The summed E-state index contributed by atoms with van der Waals surface area (Å²) < 4.78 is 0. The van der Waals surface area contributed by atoms with Gasteiger partial charge in [0.25, 0.3) is 0 Å². The highest BCUT2D eigenvalue weighted by Gasteiger charge is 2.17. The predicted octanol–water partition coefficient (Wildman–Crippen LogP) is 9.51. The van der Waals surface area contributed by atoms with Gasteiger partial charge in [0, 0.05) is 38.8 Å². The van der Waals surface area contributed by atoms with E-state index in [1.54, 1.807) is 0 Å². The van der Waals surface area contributed by atoms with E-state index in [1.165, 1.54) is 0 Å². The van der Waals surface area contributed by atoms with Crippen LogP contribution in [0.1, 0.15) is 21.7 Å². The number of nitrogens with zero attached hydrogens (tertiary/aromatic N) is 1. The first-order chi connectivity index (χ1) is 21.3. The summed E-state index contributed by atoms with van der Waals surface area (Å²) in [4.78, 5) is 28.7. The maximum atomic E-state index is 12.5. The zero-order valence-electron chi connectivity index (χ0n) is 23.1. The van der Waals surface area contributed by atoms with Crippen molar-refractivity contribution < 1.29 is 4.79 Å². The summed E-state index contributed by atoms with van der Waals surface area (Å²) in [5.41, 5.74) is 13.6. The molecule has 8 bridgehead atoms. The molecular formula is C38H26N4O. The van der Waals surface area contributed by atoms with E-state index in [2.05, 4.69) is 93.8 Å². The van der Waals surface area contributed by atoms with Gasteiger partial charge in [0.15, 0.2) is 6.29 Å². The lowest BCUT2D eigenvalue weighted by Crippen LogP contribution is -1.89. The maximum Gasteiger partial charge on any atom is 0.152 e. The molecule has 0 atom stereocenters. The Morgan fingerprint density at radius 1 is 0.465 bits per heavy atom. The van der Waals surface area contributed by atoms with Crippen molar-refractivity contribution in [3.05, 3.63) is 138 Å². The van der Waals surface area contributed by atoms with Crippen molar-refractivity contribution in [3.8, 4) is 33.4 Å². The minimum atomic E-state index is 0.577. The lowest BCUT2D eigenvalue weighted by atomic mass is 10.0. The Kier molecular flexibility index (Phi) is 5.86. The summed E-state index contributed by atoms with van der Waals surface area (Å²) in [6.07, 6.45) is 5.02. The SMILES string of the molecule is O=Cc1cc2[nH]c1c(-c1ccccc1)c1nc(c(-c3ccccc3)c3ccc([nH]3)c(-c3ccccc3)c3ccc2[nH]3)C=C1. The van der Waals surface area contributed by atoms with Gasteiger partial charge in [-0.1, -0.05) is 91.0 Å². The molecule has 8 rings (SSSR count). The van der Waals surface area contributed by atoms with E-state index in [0.29, 0.717) is 5.56 Å². The highest BCUT2D eigenvalue weighted by atomic mass is 16.1. The van der Waals surface area contributed by atoms with Crippen LogP contribution in [0.4, 0.5) is 0 Å². The van der Waals surface area contributed by atoms with Crippen molar-refractivity contribution in [1.29, 1.82) is 0 Å². The van der Waals surface area contributed by atoms with E-state index in [-0.39, 0.29) is 0 Å². The summed E-state index contributed by atoms with van der Waals surface area (Å²) in [7, 11) is 0. The number of aromatic nitrogens is 4. The van der Waals surface area contributed by atoms with E-state index >= 15 is 0 Å². The molecule has 204 valence electrons. The number of aldehydes is 1. The second-order valence-corrected chi connectivity index (χ2v) is 10.6. The number of rotatable bonds is 4. The first-order valence-corrected chi connectivity index (χ1v) is 14.3. The van der Waals surface area contributed by atoms with Crippen molar-refractivity contribution in [3.63, 3.8) is 0 Å². The molecule has 5 heterocycles. The highest BCUT2D eigenvalue weighted by Crippen LogP contribution is 2.36. The Bertz CT molecular complexity index is 2290. The Morgan fingerprint density at radius 3 is 1.51 bits per heavy atom. The molecule has 0 radical (unpaired) electrons. The van der Waals surface area contributed by atoms with E-state index in [9.17, 15) is 4.79 Å². The molecule has 3 N–H and O–H groups in total. The first kappa shape index (κ1) is 24.8. The van der Waals surface area contributed by atoms with Gasteiger partial charge in [0.2, 0.25) is 0 Å². The maximum absolute atomic E-state index is 12.5. The molecule has 0 amide bonds. The predicted molar refractivity (Wildman–Crippen MR) is 177 cm³/mol. The summed E-state index contributed by atoms with van der Waals surface area (Å²) in [5.74, 6) is 0. The van der Waals surface area contributed by atoms with Crippen LogP contribution in [0.3, 0.4) is 0 Å². The van der Waals surface area contributed by atoms with Crippen molar-refractivity contribution in [1.82, 2.24) is 19.9 Å². The molecular weight excluding hydrogens is 528 g/mol. The molecule has 43 heavy (non-hydrogen) atoms. The largest absolute Gasteiger partial charge is 0.354 e. The summed E-state index contributed by atoms with van der Waals surface area (Å²) in [6, 6.07) is 41.2. The van der Waals surface area contributed by atoms with E-state index in [4.69, 9.17) is 4.98 Å². The normalized spacial score (nSPS) is 11.7. The number of carbonyl (C=O) groups excluding carboxylic acids is 1. The van der Waals surface area contributed by atoms with E-state index in [0.717, 1.165) is 84.2 Å². The van der Waals surface area contributed by atoms with Crippen molar-refractivity contribution >= 4 is 51.5 Å². The average molecular weight is 555 g/mol.